The number of amides is 1. The minimum absolute atomic E-state index is 0.0233. The summed E-state index contributed by atoms with van der Waals surface area (Å²) in [5, 5.41) is 17.1. The van der Waals surface area contributed by atoms with Crippen molar-refractivity contribution in [1.29, 1.82) is 0 Å². The van der Waals surface area contributed by atoms with Crippen molar-refractivity contribution < 1.29 is 28.9 Å². The van der Waals surface area contributed by atoms with E-state index in [0.29, 0.717) is 38.5 Å². The van der Waals surface area contributed by atoms with E-state index in [-0.39, 0.29) is 11.6 Å². The van der Waals surface area contributed by atoms with Gasteiger partial charge in [0.25, 0.3) is 5.88 Å². The molecule has 178 valence electrons. The number of carbonyl (C=O) groups is 2. The summed E-state index contributed by atoms with van der Waals surface area (Å²) in [7, 11) is 2.87. The van der Waals surface area contributed by atoms with Crippen LogP contribution in [0.25, 0.3) is 0 Å². The summed E-state index contributed by atoms with van der Waals surface area (Å²) in [6.07, 6.45) is -0.898. The Hall–Kier alpha value is -4.28. The molecule has 1 aliphatic rings. The molecule has 1 amide bonds. The van der Waals surface area contributed by atoms with E-state index in [2.05, 4.69) is 15.2 Å². The molecule has 34 heavy (non-hydrogen) atoms. The van der Waals surface area contributed by atoms with Crippen LogP contribution >= 0.6 is 0 Å². The summed E-state index contributed by atoms with van der Waals surface area (Å²) in [5.41, 5.74) is 1.85. The van der Waals surface area contributed by atoms with Crippen LogP contribution in [0.3, 0.4) is 0 Å². The number of nitrogens with zero attached hydrogens (tertiary/aromatic N) is 5. The van der Waals surface area contributed by atoms with Gasteiger partial charge in [-0.2, -0.15) is 0 Å². The molecule has 0 atom stereocenters. The van der Waals surface area contributed by atoms with E-state index >= 15 is 0 Å². The molecule has 4 rings (SSSR count). The number of hydrogen-bond donors (Lipinski definition) is 1. The number of benzene rings is 2. The van der Waals surface area contributed by atoms with E-state index < -0.39 is 12.1 Å². The Morgan fingerprint density at radius 2 is 1.59 bits per heavy atom. The van der Waals surface area contributed by atoms with Gasteiger partial charge >= 0.3 is 12.1 Å². The van der Waals surface area contributed by atoms with Crippen LogP contribution in [-0.2, 0) is 11.3 Å². The zero-order chi connectivity index (χ0) is 24.1. The highest BCUT2D eigenvalue weighted by atomic mass is 16.5. The number of rotatable bonds is 7. The number of carboxylic acid groups (broad SMARTS) is 1. The molecule has 11 heteroatoms. The van der Waals surface area contributed by atoms with Crippen molar-refractivity contribution in [2.75, 3.05) is 45.3 Å². The maximum Gasteiger partial charge on any atom is 0.407 e. The van der Waals surface area contributed by atoms with Crippen molar-refractivity contribution in [2.24, 2.45) is 0 Å². The molecule has 0 radical (unpaired) electrons. The Morgan fingerprint density at radius 3 is 2.18 bits per heavy atom. The van der Waals surface area contributed by atoms with Crippen LogP contribution in [0.15, 0.2) is 48.5 Å². The second-order valence-corrected chi connectivity index (χ2v) is 7.59. The van der Waals surface area contributed by atoms with E-state index in [4.69, 9.17) is 19.3 Å². The van der Waals surface area contributed by atoms with Crippen LogP contribution in [0.4, 0.5) is 10.5 Å². The minimum Gasteiger partial charge on any atom is -0.497 e. The van der Waals surface area contributed by atoms with Crippen LogP contribution in [0.5, 0.6) is 17.4 Å². The van der Waals surface area contributed by atoms with Crippen molar-refractivity contribution in [3.05, 3.63) is 59.8 Å². The average Bonchev–Trinajstić information content (AvgIpc) is 3.26. The monoisotopic (exact) mass is 467 g/mol. The molecular formula is C23H25N5O6. The molecule has 1 fully saturated rings. The van der Waals surface area contributed by atoms with Gasteiger partial charge in [0.15, 0.2) is 0 Å². The SMILES string of the molecule is COC(=O)c1nnn(Cc2ccc(OC)cc2)c1Oc1ccc(N2CCN(C(=O)O)CC2)cc1. The molecule has 1 N–H and O–H groups in total. The van der Waals surface area contributed by atoms with E-state index in [1.807, 2.05) is 36.4 Å². The molecule has 0 saturated carbocycles. The number of hydrogen-bond acceptors (Lipinski definition) is 8. The van der Waals surface area contributed by atoms with Crippen LogP contribution in [0.2, 0.25) is 0 Å². The van der Waals surface area contributed by atoms with Crippen molar-refractivity contribution in [3.8, 4) is 17.4 Å². The third kappa shape index (κ3) is 5.03. The van der Waals surface area contributed by atoms with Crippen LogP contribution in [-0.4, -0.2) is 77.5 Å². The van der Waals surface area contributed by atoms with Crippen LogP contribution in [0.1, 0.15) is 16.1 Å². The fraction of sp³-hybridized carbons (Fsp3) is 0.304. The lowest BCUT2D eigenvalue weighted by Crippen LogP contribution is -2.48. The lowest BCUT2D eigenvalue weighted by molar-refractivity contribution is 0.0590. The van der Waals surface area contributed by atoms with E-state index in [1.165, 1.54) is 16.7 Å². The van der Waals surface area contributed by atoms with Gasteiger partial charge in [0.1, 0.15) is 11.5 Å². The van der Waals surface area contributed by atoms with Gasteiger partial charge in [-0.3, -0.25) is 0 Å². The summed E-state index contributed by atoms with van der Waals surface area (Å²) >= 11 is 0. The third-order valence-corrected chi connectivity index (χ3v) is 5.53. The molecule has 11 nitrogen and oxygen atoms in total. The molecule has 1 aromatic heterocycles. The lowest BCUT2D eigenvalue weighted by Gasteiger charge is -2.34. The first-order valence-electron chi connectivity index (χ1n) is 10.6. The van der Waals surface area contributed by atoms with E-state index in [9.17, 15) is 9.59 Å². The number of methoxy groups -OCH3 is 2. The second kappa shape index (κ2) is 10.1. The number of carbonyl (C=O) groups excluding carboxylic acids is 1. The molecule has 0 spiro atoms. The fourth-order valence-corrected chi connectivity index (χ4v) is 3.63. The molecular weight excluding hydrogens is 442 g/mol. The zero-order valence-corrected chi connectivity index (χ0v) is 18.9. The van der Waals surface area contributed by atoms with Gasteiger partial charge in [0.2, 0.25) is 5.69 Å². The lowest BCUT2D eigenvalue weighted by atomic mass is 10.2. The molecule has 1 aliphatic heterocycles. The third-order valence-electron chi connectivity index (χ3n) is 5.53. The molecule has 3 aromatic rings. The molecule has 2 aromatic carbocycles. The highest BCUT2D eigenvalue weighted by molar-refractivity contribution is 5.89. The van der Waals surface area contributed by atoms with Gasteiger partial charge in [-0.1, -0.05) is 17.3 Å². The second-order valence-electron chi connectivity index (χ2n) is 7.59. The Balaban J connectivity index is 1.51. The van der Waals surface area contributed by atoms with Gasteiger partial charge < -0.3 is 29.1 Å². The summed E-state index contributed by atoms with van der Waals surface area (Å²) in [4.78, 5) is 26.8. The summed E-state index contributed by atoms with van der Waals surface area (Å²) in [6.45, 7) is 2.45. The Labute approximate surface area is 196 Å². The smallest absolute Gasteiger partial charge is 0.407 e. The Bertz CT molecular complexity index is 1140. The van der Waals surface area contributed by atoms with Crippen molar-refractivity contribution in [3.63, 3.8) is 0 Å². The number of anilines is 1. The van der Waals surface area contributed by atoms with Gasteiger partial charge in [-0.15, -0.1) is 5.10 Å². The summed E-state index contributed by atoms with van der Waals surface area (Å²) < 4.78 is 17.5. The van der Waals surface area contributed by atoms with Crippen LogP contribution in [0, 0.1) is 0 Å². The van der Waals surface area contributed by atoms with Crippen molar-refractivity contribution in [1.82, 2.24) is 19.9 Å². The average molecular weight is 467 g/mol. The normalized spacial score (nSPS) is 13.5. The van der Waals surface area contributed by atoms with E-state index in [0.717, 1.165) is 17.0 Å². The quantitative estimate of drug-likeness (QED) is 0.523. The van der Waals surface area contributed by atoms with Gasteiger partial charge in [-0.25, -0.2) is 14.3 Å². The summed E-state index contributed by atoms with van der Waals surface area (Å²) in [5.74, 6) is 0.754. The predicted molar refractivity (Wildman–Crippen MR) is 122 cm³/mol. The van der Waals surface area contributed by atoms with Gasteiger partial charge in [0, 0.05) is 31.9 Å². The molecule has 2 heterocycles. The largest absolute Gasteiger partial charge is 0.497 e. The van der Waals surface area contributed by atoms with Crippen molar-refractivity contribution >= 4 is 17.7 Å². The molecule has 0 bridgehead atoms. The summed E-state index contributed by atoms with van der Waals surface area (Å²) in [6, 6.07) is 14.8. The molecule has 0 aliphatic carbocycles. The van der Waals surface area contributed by atoms with Gasteiger partial charge in [-0.05, 0) is 42.0 Å². The highest BCUT2D eigenvalue weighted by Crippen LogP contribution is 2.28. The Morgan fingerprint density at radius 1 is 0.941 bits per heavy atom. The topological polar surface area (TPSA) is 119 Å². The number of ether oxygens (including phenoxy) is 3. The van der Waals surface area contributed by atoms with Crippen molar-refractivity contribution in [2.45, 2.75) is 6.54 Å². The highest BCUT2D eigenvalue weighted by Gasteiger charge is 2.24. The zero-order valence-electron chi connectivity index (χ0n) is 18.9. The molecule has 0 unspecified atom stereocenters. The first-order valence-corrected chi connectivity index (χ1v) is 10.6. The molecule has 1 saturated heterocycles. The number of piperazine rings is 1. The van der Waals surface area contributed by atoms with E-state index in [1.54, 1.807) is 19.2 Å². The predicted octanol–water partition coefficient (Wildman–Crippen LogP) is 2.71. The minimum atomic E-state index is -0.898. The number of esters is 1. The number of aromatic nitrogens is 3. The van der Waals surface area contributed by atoms with Crippen LogP contribution < -0.4 is 14.4 Å². The Kier molecular flexibility index (Phi) is 6.81. The first kappa shape index (κ1) is 22.9. The fourth-order valence-electron chi connectivity index (χ4n) is 3.63. The maximum absolute atomic E-state index is 12.2. The first-order chi connectivity index (χ1) is 16.5. The standard InChI is InChI=1S/C23H25N5O6/c1-32-18-7-3-16(4-8-18)15-28-21(20(24-25-28)22(29)33-2)34-19-9-5-17(6-10-19)26-11-13-27(14-12-26)23(30)31/h3-10H,11-15H2,1-2H3,(H,30,31). The van der Waals surface area contributed by atoms with Gasteiger partial charge in [0.05, 0.1) is 20.8 Å². The maximum atomic E-state index is 12.2.